The first kappa shape index (κ1) is 20.5. The van der Waals surface area contributed by atoms with Crippen molar-refractivity contribution in [1.29, 1.82) is 0 Å². The monoisotopic (exact) mass is 402 g/mol. The first-order valence-corrected chi connectivity index (χ1v) is 11.3. The Morgan fingerprint density at radius 1 is 1.18 bits per heavy atom. The number of hydrogen-bond donors (Lipinski definition) is 1. The molecule has 0 aliphatic carbocycles. The lowest BCUT2D eigenvalue weighted by Gasteiger charge is -2.35. The molecule has 1 aliphatic rings. The number of rotatable bonds is 6. The van der Waals surface area contributed by atoms with E-state index < -0.39 is 26.3 Å². The lowest BCUT2D eigenvalue weighted by molar-refractivity contribution is -0.384. The molecule has 0 fully saturated rings. The molecule has 28 heavy (non-hydrogen) atoms. The van der Waals surface area contributed by atoms with E-state index in [-0.39, 0.29) is 11.4 Å². The number of fused-ring (bicyclic) bond motifs is 1. The predicted octanol–water partition coefficient (Wildman–Crippen LogP) is 4.40. The molecule has 0 radical (unpaired) electrons. The Hall–Kier alpha value is -2.25. The van der Waals surface area contributed by atoms with Gasteiger partial charge < -0.3 is 0 Å². The highest BCUT2D eigenvalue weighted by Crippen LogP contribution is 2.38. The Balaban J connectivity index is 2.20. The molecule has 3 rings (SSSR count). The molecule has 1 N–H and O–H groups in total. The van der Waals surface area contributed by atoms with Crippen LogP contribution in [0, 0.1) is 10.1 Å². The second kappa shape index (κ2) is 8.01. The van der Waals surface area contributed by atoms with Crippen molar-refractivity contribution >= 4 is 15.5 Å². The maximum absolute atomic E-state index is 13.2. The van der Waals surface area contributed by atoms with Gasteiger partial charge in [0.25, 0.3) is 5.69 Å². The fourth-order valence-corrected chi connectivity index (χ4v) is 6.14. The zero-order chi connectivity index (χ0) is 20.4. The summed E-state index contributed by atoms with van der Waals surface area (Å²) in [6.07, 6.45) is 3.27. The summed E-state index contributed by atoms with van der Waals surface area (Å²) < 4.78 is 26.5. The minimum Gasteiger partial charge on any atom is -0.300 e. The van der Waals surface area contributed by atoms with Crippen molar-refractivity contribution in [2.24, 2.45) is 0 Å². The smallest absolute Gasteiger partial charge is 0.269 e. The van der Waals surface area contributed by atoms with E-state index in [1.165, 1.54) is 12.1 Å². The average molecular weight is 403 g/mol. The van der Waals surface area contributed by atoms with Crippen molar-refractivity contribution in [3.05, 3.63) is 69.8 Å². The second-order valence-electron chi connectivity index (χ2n) is 7.46. The summed E-state index contributed by atoms with van der Waals surface area (Å²) in [5.74, 6) is 0.0267. The number of sulfone groups is 1. The van der Waals surface area contributed by atoms with E-state index >= 15 is 0 Å². The van der Waals surface area contributed by atoms with Gasteiger partial charge in [0.2, 0.25) is 0 Å². The van der Waals surface area contributed by atoms with Gasteiger partial charge in [-0.15, -0.1) is 0 Å². The zero-order valence-electron chi connectivity index (χ0n) is 16.2. The van der Waals surface area contributed by atoms with Crippen molar-refractivity contribution in [1.82, 2.24) is 5.32 Å². The molecule has 150 valence electrons. The molecule has 0 saturated heterocycles. The van der Waals surface area contributed by atoms with E-state index in [9.17, 15) is 18.5 Å². The molecule has 7 heteroatoms. The van der Waals surface area contributed by atoms with Crippen molar-refractivity contribution < 1.29 is 13.3 Å². The average Bonchev–Trinajstić information content (AvgIpc) is 2.79. The molecule has 2 aromatic carbocycles. The Labute approximate surface area is 166 Å². The highest BCUT2D eigenvalue weighted by atomic mass is 32.2. The van der Waals surface area contributed by atoms with Gasteiger partial charge in [-0.1, -0.05) is 57.0 Å². The molecule has 0 saturated carbocycles. The minimum absolute atomic E-state index is 0.000424. The molecule has 2 atom stereocenters. The summed E-state index contributed by atoms with van der Waals surface area (Å²) in [6.45, 7) is 4.08. The number of nitro groups is 1. The number of nitrogens with one attached hydrogen (secondary N) is 1. The van der Waals surface area contributed by atoms with E-state index in [0.717, 1.165) is 19.3 Å². The van der Waals surface area contributed by atoms with Crippen molar-refractivity contribution in [2.45, 2.75) is 56.0 Å². The van der Waals surface area contributed by atoms with Gasteiger partial charge in [-0.2, -0.15) is 0 Å². The maximum atomic E-state index is 13.2. The van der Waals surface area contributed by atoms with Crippen molar-refractivity contribution in [2.75, 3.05) is 5.75 Å². The van der Waals surface area contributed by atoms with Crippen LogP contribution in [-0.4, -0.2) is 24.6 Å². The molecule has 2 aromatic rings. The fraction of sp³-hybridized carbons (Fsp3) is 0.429. The molecular weight excluding hydrogens is 376 g/mol. The SMILES string of the molecule is CCCC[C@@]1(CC)CS(=O)(=O)c2ccccc2[C@H](c2cccc([N+](=O)[O-])c2)N1. The van der Waals surface area contributed by atoms with Crippen LogP contribution in [0.25, 0.3) is 0 Å². The lowest BCUT2D eigenvalue weighted by Crippen LogP contribution is -2.50. The number of unbranched alkanes of at least 4 members (excludes halogenated alkanes) is 1. The van der Waals surface area contributed by atoms with E-state index in [4.69, 9.17) is 0 Å². The number of nitrogens with zero attached hydrogens (tertiary/aromatic N) is 1. The quantitative estimate of drug-likeness (QED) is 0.571. The van der Waals surface area contributed by atoms with Crippen LogP contribution >= 0.6 is 0 Å². The summed E-state index contributed by atoms with van der Waals surface area (Å²) in [7, 11) is -3.49. The van der Waals surface area contributed by atoms with Crippen LogP contribution in [0.3, 0.4) is 0 Å². The van der Waals surface area contributed by atoms with Crippen LogP contribution in [0.15, 0.2) is 53.4 Å². The van der Waals surface area contributed by atoms with E-state index in [1.807, 2.05) is 19.1 Å². The molecule has 0 spiro atoms. The van der Waals surface area contributed by atoms with Gasteiger partial charge in [0.05, 0.1) is 21.6 Å². The molecular formula is C21H26N2O4S. The van der Waals surface area contributed by atoms with Gasteiger partial charge in [-0.05, 0) is 30.0 Å². The summed E-state index contributed by atoms with van der Waals surface area (Å²) in [4.78, 5) is 11.2. The first-order valence-electron chi connectivity index (χ1n) is 9.65. The topological polar surface area (TPSA) is 89.3 Å². The van der Waals surface area contributed by atoms with E-state index in [0.29, 0.717) is 22.4 Å². The van der Waals surface area contributed by atoms with Gasteiger partial charge in [0.1, 0.15) is 0 Å². The van der Waals surface area contributed by atoms with Crippen LogP contribution in [0.5, 0.6) is 0 Å². The highest BCUT2D eigenvalue weighted by molar-refractivity contribution is 7.91. The summed E-state index contributed by atoms with van der Waals surface area (Å²) in [5.41, 5.74) is 0.769. The fourth-order valence-electron chi connectivity index (χ4n) is 3.99. The van der Waals surface area contributed by atoms with Gasteiger partial charge in [0.15, 0.2) is 9.84 Å². The molecule has 1 heterocycles. The number of non-ortho nitro benzene ring substituents is 1. The first-order chi connectivity index (χ1) is 13.3. The number of nitro benzene ring substituents is 1. The molecule has 1 aliphatic heterocycles. The van der Waals surface area contributed by atoms with Crippen LogP contribution < -0.4 is 5.32 Å². The molecule has 0 amide bonds. The molecule has 0 unspecified atom stereocenters. The number of hydrogen-bond acceptors (Lipinski definition) is 5. The molecule has 0 bridgehead atoms. The third kappa shape index (κ3) is 3.95. The Morgan fingerprint density at radius 2 is 1.93 bits per heavy atom. The van der Waals surface area contributed by atoms with E-state index in [1.54, 1.807) is 24.3 Å². The van der Waals surface area contributed by atoms with Gasteiger partial charge in [0, 0.05) is 17.7 Å². The van der Waals surface area contributed by atoms with Crippen LogP contribution in [0.4, 0.5) is 5.69 Å². The third-order valence-electron chi connectivity index (χ3n) is 5.58. The summed E-state index contributed by atoms with van der Waals surface area (Å²) in [5, 5.41) is 14.9. The van der Waals surface area contributed by atoms with Crippen molar-refractivity contribution in [3.8, 4) is 0 Å². The largest absolute Gasteiger partial charge is 0.300 e. The van der Waals surface area contributed by atoms with Gasteiger partial charge in [-0.25, -0.2) is 8.42 Å². The van der Waals surface area contributed by atoms with Crippen LogP contribution in [0.2, 0.25) is 0 Å². The maximum Gasteiger partial charge on any atom is 0.269 e. The predicted molar refractivity (Wildman–Crippen MR) is 109 cm³/mol. The third-order valence-corrected chi connectivity index (χ3v) is 7.56. The normalized spacial score (nSPS) is 23.6. The van der Waals surface area contributed by atoms with E-state index in [2.05, 4.69) is 12.2 Å². The molecule has 0 aromatic heterocycles. The van der Waals surface area contributed by atoms with Crippen LogP contribution in [-0.2, 0) is 9.84 Å². The van der Waals surface area contributed by atoms with Gasteiger partial charge >= 0.3 is 0 Å². The summed E-state index contributed by atoms with van der Waals surface area (Å²) >= 11 is 0. The highest BCUT2D eigenvalue weighted by Gasteiger charge is 2.41. The second-order valence-corrected chi connectivity index (χ2v) is 9.42. The Bertz CT molecular complexity index is 974. The minimum atomic E-state index is -3.49. The van der Waals surface area contributed by atoms with Gasteiger partial charge in [-0.3, -0.25) is 15.4 Å². The van der Waals surface area contributed by atoms with Crippen molar-refractivity contribution in [3.63, 3.8) is 0 Å². The van der Waals surface area contributed by atoms with Crippen LogP contribution in [0.1, 0.15) is 56.7 Å². The summed E-state index contributed by atoms with van der Waals surface area (Å²) in [6, 6.07) is 13.0. The zero-order valence-corrected chi connectivity index (χ0v) is 17.0. The standard InChI is InChI=1S/C21H26N2O4S/c1-3-5-13-21(4-2)15-28(26,27)19-12-7-6-11-18(19)20(22-21)16-9-8-10-17(14-16)23(24)25/h6-12,14,20,22H,3-5,13,15H2,1-2H3/t20-,21-/m0/s1. The molecule has 6 nitrogen and oxygen atoms in total. The number of benzene rings is 2. The Morgan fingerprint density at radius 3 is 2.61 bits per heavy atom. The lowest BCUT2D eigenvalue weighted by atomic mass is 9.88. The Kier molecular flexibility index (Phi) is 5.86.